The van der Waals surface area contributed by atoms with Gasteiger partial charge in [-0.3, -0.25) is 19.0 Å². The van der Waals surface area contributed by atoms with E-state index in [1.807, 2.05) is 0 Å². The molecular formula is C13H15N3O3S. The normalized spacial score (nSPS) is 13.8. The number of amides is 1. The summed E-state index contributed by atoms with van der Waals surface area (Å²) in [6.07, 6.45) is 1.78. The number of aryl methyl sites for hydroxylation is 2. The van der Waals surface area contributed by atoms with Crippen LogP contribution in [0.4, 0.5) is 0 Å². The topological polar surface area (TPSA) is 64.4 Å². The average molecular weight is 293 g/mol. The van der Waals surface area contributed by atoms with Crippen molar-refractivity contribution in [2.75, 3.05) is 14.2 Å². The van der Waals surface area contributed by atoms with Crippen molar-refractivity contribution in [3.8, 4) is 0 Å². The molecule has 0 unspecified atom stereocenters. The summed E-state index contributed by atoms with van der Waals surface area (Å²) in [5, 5.41) is 1.72. The summed E-state index contributed by atoms with van der Waals surface area (Å²) < 4.78 is 1.72. The predicted molar refractivity (Wildman–Crippen MR) is 76.0 cm³/mol. The van der Waals surface area contributed by atoms with Crippen LogP contribution in [0.5, 0.6) is 0 Å². The number of thiophene rings is 1. The molecule has 1 aliphatic rings. The number of hydrogen-bond donors (Lipinski definition) is 0. The molecule has 2 aromatic rings. The third-order valence-corrected chi connectivity index (χ3v) is 4.84. The Hall–Kier alpha value is -1.73. The molecular weight excluding hydrogens is 278 g/mol. The minimum absolute atomic E-state index is 0.0321. The summed E-state index contributed by atoms with van der Waals surface area (Å²) in [5.74, 6) is 0.570. The predicted octanol–water partition coefficient (Wildman–Crippen LogP) is 1.35. The molecule has 0 aromatic carbocycles. The molecule has 0 radical (unpaired) electrons. The van der Waals surface area contributed by atoms with E-state index < -0.39 is 0 Å². The van der Waals surface area contributed by atoms with Gasteiger partial charge in [0, 0.05) is 20.0 Å². The zero-order chi connectivity index (χ0) is 14.4. The summed E-state index contributed by atoms with van der Waals surface area (Å²) in [4.78, 5) is 35.3. The average Bonchev–Trinajstić information content (AvgIpc) is 3.02. The Morgan fingerprint density at radius 3 is 2.95 bits per heavy atom. The lowest BCUT2D eigenvalue weighted by Gasteiger charge is -2.12. The molecule has 0 fully saturated rings. The van der Waals surface area contributed by atoms with Crippen LogP contribution in [0.15, 0.2) is 4.79 Å². The fourth-order valence-corrected chi connectivity index (χ4v) is 3.66. The number of rotatable bonds is 2. The number of hydroxylamine groups is 2. The minimum Gasteiger partial charge on any atom is -0.296 e. The highest BCUT2D eigenvalue weighted by molar-refractivity contribution is 7.20. The first kappa shape index (κ1) is 13.3. The van der Waals surface area contributed by atoms with Crippen molar-refractivity contribution in [2.45, 2.75) is 26.3 Å². The Kier molecular flexibility index (Phi) is 3.10. The van der Waals surface area contributed by atoms with Crippen molar-refractivity contribution in [3.63, 3.8) is 0 Å². The van der Waals surface area contributed by atoms with Crippen LogP contribution >= 0.6 is 11.3 Å². The summed E-state index contributed by atoms with van der Waals surface area (Å²) in [6, 6.07) is 0. The van der Waals surface area contributed by atoms with Gasteiger partial charge in [0.1, 0.15) is 15.5 Å². The van der Waals surface area contributed by atoms with E-state index in [9.17, 15) is 9.59 Å². The molecule has 1 amide bonds. The van der Waals surface area contributed by atoms with Gasteiger partial charge in [0.15, 0.2) is 0 Å². The van der Waals surface area contributed by atoms with E-state index in [1.54, 1.807) is 18.5 Å². The minimum atomic E-state index is -0.252. The van der Waals surface area contributed by atoms with E-state index in [0.717, 1.165) is 23.7 Å². The largest absolute Gasteiger partial charge is 0.296 e. The van der Waals surface area contributed by atoms with Gasteiger partial charge in [-0.2, -0.15) is 0 Å². The van der Waals surface area contributed by atoms with Crippen LogP contribution in [0.1, 0.15) is 27.5 Å². The standard InChI is InChI=1S/C13H15N3O3S/c1-7-9-11(20-10(7)13(18)15(2)19-3)14-8-5-4-6-16(8)12(9)17/h4-6H2,1-3H3. The lowest BCUT2D eigenvalue weighted by molar-refractivity contribution is -0.0754. The fraction of sp³-hybridized carbons (Fsp3) is 0.462. The second-order valence-corrected chi connectivity index (χ2v) is 5.81. The zero-order valence-electron chi connectivity index (χ0n) is 11.6. The Balaban J connectivity index is 2.24. The fourth-order valence-electron chi connectivity index (χ4n) is 2.51. The molecule has 0 saturated heterocycles. The van der Waals surface area contributed by atoms with Crippen LogP contribution in [0.3, 0.4) is 0 Å². The van der Waals surface area contributed by atoms with Gasteiger partial charge >= 0.3 is 0 Å². The maximum atomic E-state index is 12.5. The smallest absolute Gasteiger partial charge is 0.287 e. The SMILES string of the molecule is CON(C)C(=O)c1sc2nc3n(c(=O)c2c1C)CCC3. The summed E-state index contributed by atoms with van der Waals surface area (Å²) in [6.45, 7) is 2.51. The van der Waals surface area contributed by atoms with Gasteiger partial charge < -0.3 is 0 Å². The van der Waals surface area contributed by atoms with Crippen LogP contribution in [-0.2, 0) is 17.8 Å². The lowest BCUT2D eigenvalue weighted by Crippen LogP contribution is -2.25. The van der Waals surface area contributed by atoms with E-state index in [-0.39, 0.29) is 11.5 Å². The molecule has 3 rings (SSSR count). The van der Waals surface area contributed by atoms with Crippen LogP contribution in [0.25, 0.3) is 10.2 Å². The van der Waals surface area contributed by atoms with Crippen molar-refractivity contribution < 1.29 is 9.63 Å². The van der Waals surface area contributed by atoms with Gasteiger partial charge in [-0.15, -0.1) is 11.3 Å². The van der Waals surface area contributed by atoms with Gasteiger partial charge in [0.25, 0.3) is 11.5 Å². The Labute approximate surface area is 119 Å². The molecule has 20 heavy (non-hydrogen) atoms. The summed E-state index contributed by atoms with van der Waals surface area (Å²) >= 11 is 1.26. The second kappa shape index (κ2) is 4.68. The van der Waals surface area contributed by atoms with Crippen molar-refractivity contribution in [2.24, 2.45) is 0 Å². The highest BCUT2D eigenvalue weighted by Gasteiger charge is 2.24. The molecule has 2 aromatic heterocycles. The Morgan fingerprint density at radius 1 is 1.50 bits per heavy atom. The maximum absolute atomic E-state index is 12.5. The maximum Gasteiger partial charge on any atom is 0.287 e. The van der Waals surface area contributed by atoms with E-state index >= 15 is 0 Å². The molecule has 1 aliphatic heterocycles. The summed E-state index contributed by atoms with van der Waals surface area (Å²) in [7, 11) is 2.98. The first-order valence-corrected chi connectivity index (χ1v) is 7.21. The van der Waals surface area contributed by atoms with Crippen LogP contribution in [0, 0.1) is 6.92 Å². The van der Waals surface area contributed by atoms with Crippen LogP contribution < -0.4 is 5.56 Å². The van der Waals surface area contributed by atoms with Gasteiger partial charge in [0.05, 0.1) is 12.5 Å². The molecule has 106 valence electrons. The second-order valence-electron chi connectivity index (χ2n) is 4.81. The summed E-state index contributed by atoms with van der Waals surface area (Å²) in [5.41, 5.74) is 0.661. The molecule has 0 N–H and O–H groups in total. The van der Waals surface area contributed by atoms with E-state index in [4.69, 9.17) is 4.84 Å². The first-order chi connectivity index (χ1) is 9.54. The zero-order valence-corrected chi connectivity index (χ0v) is 12.4. The van der Waals surface area contributed by atoms with Gasteiger partial charge in [-0.1, -0.05) is 0 Å². The third-order valence-electron chi connectivity index (χ3n) is 3.67. The van der Waals surface area contributed by atoms with Crippen molar-refractivity contribution in [3.05, 3.63) is 26.6 Å². The Bertz CT molecular complexity index is 762. The van der Waals surface area contributed by atoms with E-state index in [0.29, 0.717) is 27.2 Å². The quantitative estimate of drug-likeness (QED) is 0.784. The molecule has 0 bridgehead atoms. The van der Waals surface area contributed by atoms with Crippen molar-refractivity contribution in [1.82, 2.24) is 14.6 Å². The molecule has 6 nitrogen and oxygen atoms in total. The molecule has 3 heterocycles. The molecule has 0 saturated carbocycles. The number of carbonyl (C=O) groups excluding carboxylic acids is 1. The van der Waals surface area contributed by atoms with E-state index in [2.05, 4.69) is 4.98 Å². The van der Waals surface area contributed by atoms with Crippen LogP contribution in [0.2, 0.25) is 0 Å². The number of aromatic nitrogens is 2. The molecule has 0 atom stereocenters. The van der Waals surface area contributed by atoms with E-state index in [1.165, 1.54) is 18.4 Å². The van der Waals surface area contributed by atoms with Crippen molar-refractivity contribution in [1.29, 1.82) is 0 Å². The number of hydrogen-bond acceptors (Lipinski definition) is 5. The van der Waals surface area contributed by atoms with Crippen LogP contribution in [-0.4, -0.2) is 34.7 Å². The highest BCUT2D eigenvalue weighted by Crippen LogP contribution is 2.29. The lowest BCUT2D eigenvalue weighted by atomic mass is 10.2. The number of nitrogens with zero attached hydrogens (tertiary/aromatic N) is 3. The molecule has 0 spiro atoms. The molecule has 7 heteroatoms. The van der Waals surface area contributed by atoms with Gasteiger partial charge in [-0.25, -0.2) is 10.0 Å². The number of fused-ring (bicyclic) bond motifs is 2. The number of carbonyl (C=O) groups is 1. The monoisotopic (exact) mass is 293 g/mol. The van der Waals surface area contributed by atoms with Gasteiger partial charge in [-0.05, 0) is 18.9 Å². The first-order valence-electron chi connectivity index (χ1n) is 6.39. The highest BCUT2D eigenvalue weighted by atomic mass is 32.1. The Morgan fingerprint density at radius 2 is 2.25 bits per heavy atom. The molecule has 0 aliphatic carbocycles. The van der Waals surface area contributed by atoms with Gasteiger partial charge in [0.2, 0.25) is 0 Å². The third kappa shape index (κ3) is 1.77. The van der Waals surface area contributed by atoms with Crippen molar-refractivity contribution >= 4 is 27.5 Å².